The van der Waals surface area contributed by atoms with Crippen molar-refractivity contribution < 1.29 is 8.42 Å². The van der Waals surface area contributed by atoms with Crippen LogP contribution in [0.2, 0.25) is 0 Å². The summed E-state index contributed by atoms with van der Waals surface area (Å²) in [7, 11) is -3.71. The Morgan fingerprint density at radius 1 is 1.05 bits per heavy atom. The Labute approximate surface area is 120 Å². The van der Waals surface area contributed by atoms with Crippen LogP contribution in [0.3, 0.4) is 0 Å². The lowest BCUT2D eigenvalue weighted by molar-refractivity contribution is 0.597. The summed E-state index contributed by atoms with van der Waals surface area (Å²) in [5, 5.41) is 5.22. The molecule has 2 saturated carbocycles. The standard InChI is InChI=1S/C14H21N3O2S/c15-12-5-13(7-14(6-12)20(16,18)19)17(8-10-1-2-10)9-11-3-4-11/h5-7,10-11H,1-4,8-9,15H2,(H2,16,18,19). The third kappa shape index (κ3) is 3.43. The Kier molecular flexibility index (Phi) is 3.38. The summed E-state index contributed by atoms with van der Waals surface area (Å²) in [6, 6.07) is 4.92. The molecule has 2 aliphatic rings. The summed E-state index contributed by atoms with van der Waals surface area (Å²) < 4.78 is 23.1. The van der Waals surface area contributed by atoms with Gasteiger partial charge in [0, 0.05) is 24.5 Å². The molecule has 0 aliphatic heterocycles. The number of rotatable bonds is 6. The van der Waals surface area contributed by atoms with E-state index in [1.54, 1.807) is 6.07 Å². The predicted molar refractivity (Wildman–Crippen MR) is 79.9 cm³/mol. The number of nitrogens with two attached hydrogens (primary N) is 2. The second-order valence-corrected chi connectivity index (χ2v) is 7.66. The van der Waals surface area contributed by atoms with Gasteiger partial charge in [0.2, 0.25) is 10.0 Å². The minimum Gasteiger partial charge on any atom is -0.399 e. The number of benzene rings is 1. The lowest BCUT2D eigenvalue weighted by Crippen LogP contribution is -2.28. The highest BCUT2D eigenvalue weighted by Gasteiger charge is 2.29. The van der Waals surface area contributed by atoms with E-state index in [0.717, 1.165) is 30.6 Å². The number of hydrogen-bond donors (Lipinski definition) is 2. The molecule has 0 saturated heterocycles. The number of hydrogen-bond acceptors (Lipinski definition) is 4. The highest BCUT2D eigenvalue weighted by atomic mass is 32.2. The fourth-order valence-electron chi connectivity index (χ4n) is 2.46. The van der Waals surface area contributed by atoms with Crippen LogP contribution in [0.25, 0.3) is 0 Å². The first-order valence-electron chi connectivity index (χ1n) is 7.10. The summed E-state index contributed by atoms with van der Waals surface area (Å²) >= 11 is 0. The smallest absolute Gasteiger partial charge is 0.238 e. The molecule has 2 aliphatic carbocycles. The summed E-state index contributed by atoms with van der Waals surface area (Å²) in [6.07, 6.45) is 5.08. The van der Waals surface area contributed by atoms with Crippen LogP contribution in [-0.2, 0) is 10.0 Å². The fraction of sp³-hybridized carbons (Fsp3) is 0.571. The quantitative estimate of drug-likeness (QED) is 0.779. The van der Waals surface area contributed by atoms with Crippen LogP contribution < -0.4 is 15.8 Å². The second-order valence-electron chi connectivity index (χ2n) is 6.10. The van der Waals surface area contributed by atoms with Crippen molar-refractivity contribution >= 4 is 21.4 Å². The maximum absolute atomic E-state index is 11.5. The average Bonchev–Trinajstić information content (AvgIpc) is 3.21. The zero-order chi connectivity index (χ0) is 14.3. The van der Waals surface area contributed by atoms with Gasteiger partial charge in [0.15, 0.2) is 0 Å². The monoisotopic (exact) mass is 295 g/mol. The number of sulfonamides is 1. The van der Waals surface area contributed by atoms with Gasteiger partial charge in [-0.3, -0.25) is 0 Å². The van der Waals surface area contributed by atoms with E-state index >= 15 is 0 Å². The number of nitrogen functional groups attached to an aromatic ring is 1. The summed E-state index contributed by atoms with van der Waals surface area (Å²) in [4.78, 5) is 2.38. The number of anilines is 2. The molecule has 20 heavy (non-hydrogen) atoms. The van der Waals surface area contributed by atoms with Crippen LogP contribution in [0.4, 0.5) is 11.4 Å². The lowest BCUT2D eigenvalue weighted by Gasteiger charge is -2.25. The van der Waals surface area contributed by atoms with Gasteiger partial charge in [-0.2, -0.15) is 0 Å². The van der Waals surface area contributed by atoms with Crippen molar-refractivity contribution in [2.24, 2.45) is 17.0 Å². The van der Waals surface area contributed by atoms with Gasteiger partial charge >= 0.3 is 0 Å². The van der Waals surface area contributed by atoms with Crippen LogP contribution in [0, 0.1) is 11.8 Å². The van der Waals surface area contributed by atoms with Gasteiger partial charge < -0.3 is 10.6 Å². The minimum absolute atomic E-state index is 0.101. The van der Waals surface area contributed by atoms with Crippen molar-refractivity contribution in [2.45, 2.75) is 30.6 Å². The fourth-order valence-corrected chi connectivity index (χ4v) is 3.05. The van der Waals surface area contributed by atoms with Crippen LogP contribution in [-0.4, -0.2) is 21.5 Å². The third-order valence-electron chi connectivity index (χ3n) is 3.96. The molecule has 6 heteroatoms. The molecule has 1 aromatic carbocycles. The van der Waals surface area contributed by atoms with E-state index in [9.17, 15) is 8.42 Å². The van der Waals surface area contributed by atoms with E-state index in [1.165, 1.54) is 31.7 Å². The van der Waals surface area contributed by atoms with Gasteiger partial charge in [0.1, 0.15) is 0 Å². The Balaban J connectivity index is 1.89. The number of nitrogens with zero attached hydrogens (tertiary/aromatic N) is 1. The first-order valence-corrected chi connectivity index (χ1v) is 8.65. The van der Waals surface area contributed by atoms with E-state index < -0.39 is 10.0 Å². The maximum atomic E-state index is 11.5. The average molecular weight is 295 g/mol. The Hall–Kier alpha value is -1.27. The molecule has 110 valence electrons. The molecule has 0 atom stereocenters. The second kappa shape index (κ2) is 4.93. The predicted octanol–water partition coefficient (Wildman–Crippen LogP) is 1.54. The van der Waals surface area contributed by atoms with Crippen LogP contribution >= 0.6 is 0 Å². The number of primary sulfonamides is 1. The minimum atomic E-state index is -3.71. The van der Waals surface area contributed by atoms with Crippen molar-refractivity contribution in [3.05, 3.63) is 18.2 Å². The molecule has 0 spiro atoms. The van der Waals surface area contributed by atoms with Gasteiger partial charge in [-0.1, -0.05) is 0 Å². The molecule has 0 bridgehead atoms. The van der Waals surface area contributed by atoms with Gasteiger partial charge in [-0.05, 0) is 55.7 Å². The Morgan fingerprint density at radius 3 is 2.05 bits per heavy atom. The molecule has 0 unspecified atom stereocenters. The third-order valence-corrected chi connectivity index (χ3v) is 4.85. The molecule has 2 fully saturated rings. The molecular formula is C14H21N3O2S. The normalized spacial score (nSPS) is 19.1. The van der Waals surface area contributed by atoms with Crippen molar-refractivity contribution in [2.75, 3.05) is 23.7 Å². The summed E-state index contributed by atoms with van der Waals surface area (Å²) in [5.74, 6) is 1.49. The van der Waals surface area contributed by atoms with Crippen molar-refractivity contribution in [1.29, 1.82) is 0 Å². The van der Waals surface area contributed by atoms with Crippen LogP contribution in [0.1, 0.15) is 25.7 Å². The van der Waals surface area contributed by atoms with E-state index in [0.29, 0.717) is 5.69 Å². The van der Waals surface area contributed by atoms with Crippen LogP contribution in [0.15, 0.2) is 23.1 Å². The first kappa shape index (κ1) is 13.7. The maximum Gasteiger partial charge on any atom is 0.238 e. The van der Waals surface area contributed by atoms with Crippen molar-refractivity contribution in [3.8, 4) is 0 Å². The zero-order valence-electron chi connectivity index (χ0n) is 11.5. The highest BCUT2D eigenvalue weighted by molar-refractivity contribution is 7.89. The van der Waals surface area contributed by atoms with E-state index in [-0.39, 0.29) is 4.90 Å². The van der Waals surface area contributed by atoms with Crippen molar-refractivity contribution in [3.63, 3.8) is 0 Å². The van der Waals surface area contributed by atoms with Crippen LogP contribution in [0.5, 0.6) is 0 Å². The van der Waals surface area contributed by atoms with E-state index in [1.807, 2.05) is 6.07 Å². The lowest BCUT2D eigenvalue weighted by atomic mass is 10.2. The molecule has 4 N–H and O–H groups in total. The first-order chi connectivity index (χ1) is 9.41. The molecular weight excluding hydrogens is 274 g/mol. The zero-order valence-corrected chi connectivity index (χ0v) is 12.3. The Bertz CT molecular complexity index is 593. The Morgan fingerprint density at radius 2 is 1.60 bits per heavy atom. The van der Waals surface area contributed by atoms with Gasteiger partial charge in [-0.25, -0.2) is 13.6 Å². The topological polar surface area (TPSA) is 89.4 Å². The van der Waals surface area contributed by atoms with Crippen molar-refractivity contribution in [1.82, 2.24) is 0 Å². The summed E-state index contributed by atoms with van der Waals surface area (Å²) in [6.45, 7) is 1.98. The summed E-state index contributed by atoms with van der Waals surface area (Å²) in [5.41, 5.74) is 7.17. The van der Waals surface area contributed by atoms with Gasteiger partial charge in [0.05, 0.1) is 4.90 Å². The molecule has 0 amide bonds. The molecule has 0 aromatic heterocycles. The van der Waals surface area contributed by atoms with Gasteiger partial charge in [-0.15, -0.1) is 0 Å². The molecule has 1 aromatic rings. The SMILES string of the molecule is Nc1cc(N(CC2CC2)CC2CC2)cc(S(N)(=O)=O)c1. The molecule has 0 heterocycles. The highest BCUT2D eigenvalue weighted by Crippen LogP contribution is 2.36. The molecule has 5 nitrogen and oxygen atoms in total. The van der Waals surface area contributed by atoms with E-state index in [4.69, 9.17) is 10.9 Å². The molecule has 3 rings (SSSR count). The molecule has 0 radical (unpaired) electrons. The van der Waals surface area contributed by atoms with E-state index in [2.05, 4.69) is 4.90 Å². The largest absolute Gasteiger partial charge is 0.399 e. The van der Waals surface area contributed by atoms with Gasteiger partial charge in [0.25, 0.3) is 0 Å².